The summed E-state index contributed by atoms with van der Waals surface area (Å²) in [6.45, 7) is 2.29. The van der Waals surface area contributed by atoms with E-state index in [0.29, 0.717) is 12.3 Å². The van der Waals surface area contributed by atoms with Gasteiger partial charge < -0.3 is 0 Å². The first-order chi connectivity index (χ1) is 7.69. The number of aryl methyl sites for hydroxylation is 1. The largest absolute Gasteiger partial charge is 0.295 e. The minimum absolute atomic E-state index is 0.197. The lowest BCUT2D eigenvalue weighted by Gasteiger charge is -2.42. The molecule has 0 bridgehead atoms. The number of allylic oxidation sites excluding steroid dienone is 2. The highest BCUT2D eigenvalue weighted by atomic mass is 16.1. The van der Waals surface area contributed by atoms with Crippen LogP contribution in [0.4, 0.5) is 0 Å². The van der Waals surface area contributed by atoms with Crippen molar-refractivity contribution in [1.29, 1.82) is 0 Å². The fourth-order valence-corrected chi connectivity index (χ4v) is 3.13. The van der Waals surface area contributed by atoms with Gasteiger partial charge in [0.25, 0.3) is 0 Å². The maximum absolute atomic E-state index is 11.6. The molecule has 3 rings (SSSR count). The van der Waals surface area contributed by atoms with Crippen molar-refractivity contribution in [2.24, 2.45) is 5.41 Å². The molecule has 2 aliphatic carbocycles. The van der Waals surface area contributed by atoms with Crippen LogP contribution in [0.2, 0.25) is 0 Å². The molecule has 0 heterocycles. The number of rotatable bonds is 0. The lowest BCUT2D eigenvalue weighted by atomic mass is 9.61. The third-order valence-electron chi connectivity index (χ3n) is 4.21. The van der Waals surface area contributed by atoms with E-state index in [0.717, 1.165) is 6.42 Å². The van der Waals surface area contributed by atoms with Crippen molar-refractivity contribution in [1.82, 2.24) is 0 Å². The highest BCUT2D eigenvalue weighted by Crippen LogP contribution is 2.49. The Morgan fingerprint density at radius 1 is 1.31 bits per heavy atom. The summed E-state index contributed by atoms with van der Waals surface area (Å²) in [5, 5.41) is 0. The standard InChI is InChI=1S/C15H16O/c1-15-8-6-11-4-2-3-5-13(11)14(15)10-12(16)7-9-15/h2-5,7,9,14H,6,8,10H2,1H3/t14-,15+/m1/s1. The van der Waals surface area contributed by atoms with Crippen LogP contribution < -0.4 is 0 Å². The van der Waals surface area contributed by atoms with Crippen molar-refractivity contribution in [2.75, 3.05) is 0 Å². The summed E-state index contributed by atoms with van der Waals surface area (Å²) in [5.74, 6) is 0.675. The molecule has 0 aliphatic heterocycles. The van der Waals surface area contributed by atoms with Gasteiger partial charge in [-0.2, -0.15) is 0 Å². The van der Waals surface area contributed by atoms with Crippen LogP contribution >= 0.6 is 0 Å². The number of carbonyl (C=O) groups is 1. The van der Waals surface area contributed by atoms with Gasteiger partial charge in [0.15, 0.2) is 5.78 Å². The summed E-state index contributed by atoms with van der Waals surface area (Å²) in [6.07, 6.45) is 6.91. The second kappa shape index (κ2) is 3.31. The van der Waals surface area contributed by atoms with Gasteiger partial charge in [0.2, 0.25) is 0 Å². The van der Waals surface area contributed by atoms with E-state index in [9.17, 15) is 4.79 Å². The van der Waals surface area contributed by atoms with Crippen LogP contribution in [0.3, 0.4) is 0 Å². The fourth-order valence-electron chi connectivity index (χ4n) is 3.13. The van der Waals surface area contributed by atoms with Crippen molar-refractivity contribution in [3.63, 3.8) is 0 Å². The van der Waals surface area contributed by atoms with Crippen LogP contribution in [-0.2, 0) is 11.2 Å². The Labute approximate surface area is 96.2 Å². The van der Waals surface area contributed by atoms with Crippen LogP contribution in [-0.4, -0.2) is 5.78 Å². The predicted octanol–water partition coefficient (Wildman–Crippen LogP) is 3.25. The minimum atomic E-state index is 0.197. The van der Waals surface area contributed by atoms with Gasteiger partial charge in [-0.1, -0.05) is 37.3 Å². The molecule has 0 spiro atoms. The Morgan fingerprint density at radius 2 is 2.12 bits per heavy atom. The van der Waals surface area contributed by atoms with Crippen molar-refractivity contribution >= 4 is 5.78 Å². The van der Waals surface area contributed by atoms with Gasteiger partial charge in [-0.25, -0.2) is 0 Å². The fraction of sp³-hybridized carbons (Fsp3) is 0.400. The molecule has 0 radical (unpaired) electrons. The third kappa shape index (κ3) is 1.35. The molecule has 0 N–H and O–H groups in total. The van der Waals surface area contributed by atoms with Crippen LogP contribution in [0.5, 0.6) is 0 Å². The summed E-state index contributed by atoms with van der Waals surface area (Å²) in [7, 11) is 0. The zero-order valence-electron chi connectivity index (χ0n) is 9.57. The van der Waals surface area contributed by atoms with E-state index < -0.39 is 0 Å². The summed E-state index contributed by atoms with van der Waals surface area (Å²) in [4.78, 5) is 11.6. The van der Waals surface area contributed by atoms with Gasteiger partial charge >= 0.3 is 0 Å². The van der Waals surface area contributed by atoms with Gasteiger partial charge in [0.1, 0.15) is 0 Å². The normalized spacial score (nSPS) is 32.1. The van der Waals surface area contributed by atoms with E-state index in [-0.39, 0.29) is 11.2 Å². The molecule has 0 fully saturated rings. The summed E-state index contributed by atoms with van der Waals surface area (Å²) < 4.78 is 0. The number of ketones is 1. The molecule has 16 heavy (non-hydrogen) atoms. The molecule has 1 aromatic carbocycles. The maximum Gasteiger partial charge on any atom is 0.156 e. The van der Waals surface area contributed by atoms with E-state index >= 15 is 0 Å². The molecule has 2 aliphatic rings. The van der Waals surface area contributed by atoms with Crippen LogP contribution in [0.1, 0.15) is 36.8 Å². The van der Waals surface area contributed by atoms with Gasteiger partial charge in [0, 0.05) is 12.3 Å². The summed E-state index contributed by atoms with van der Waals surface area (Å²) in [5.41, 5.74) is 3.03. The third-order valence-corrected chi connectivity index (χ3v) is 4.21. The second-order valence-corrected chi connectivity index (χ2v) is 5.26. The van der Waals surface area contributed by atoms with Gasteiger partial charge in [-0.15, -0.1) is 0 Å². The highest BCUT2D eigenvalue weighted by molar-refractivity contribution is 5.91. The molecule has 1 aromatic rings. The van der Waals surface area contributed by atoms with E-state index in [4.69, 9.17) is 0 Å². The molecule has 0 amide bonds. The monoisotopic (exact) mass is 212 g/mol. The van der Waals surface area contributed by atoms with Gasteiger partial charge in [-0.05, 0) is 35.5 Å². The number of carbonyl (C=O) groups excluding carboxylic acids is 1. The molecule has 0 saturated heterocycles. The first-order valence-corrected chi connectivity index (χ1v) is 5.99. The topological polar surface area (TPSA) is 17.1 Å². The number of fused-ring (bicyclic) bond motifs is 3. The average molecular weight is 212 g/mol. The first kappa shape index (κ1) is 9.83. The Kier molecular flexibility index (Phi) is 2.03. The summed E-state index contributed by atoms with van der Waals surface area (Å²) in [6, 6.07) is 8.59. The molecular formula is C15H16O. The molecular weight excluding hydrogens is 196 g/mol. The molecule has 0 saturated carbocycles. The zero-order valence-corrected chi connectivity index (χ0v) is 9.57. The smallest absolute Gasteiger partial charge is 0.156 e. The van der Waals surface area contributed by atoms with E-state index in [1.165, 1.54) is 17.5 Å². The van der Waals surface area contributed by atoms with E-state index in [2.05, 4.69) is 37.3 Å². The lowest BCUT2D eigenvalue weighted by molar-refractivity contribution is -0.116. The molecule has 1 heteroatoms. The van der Waals surface area contributed by atoms with Crippen molar-refractivity contribution in [3.05, 3.63) is 47.5 Å². The zero-order chi connectivity index (χ0) is 11.2. The Bertz CT molecular complexity index is 472. The van der Waals surface area contributed by atoms with Gasteiger partial charge in [0.05, 0.1) is 0 Å². The Hall–Kier alpha value is -1.37. The second-order valence-electron chi connectivity index (χ2n) is 5.26. The molecule has 2 atom stereocenters. The number of benzene rings is 1. The number of hydrogen-bond acceptors (Lipinski definition) is 1. The average Bonchev–Trinajstić information content (AvgIpc) is 2.31. The van der Waals surface area contributed by atoms with Crippen molar-refractivity contribution in [2.45, 2.75) is 32.1 Å². The SMILES string of the molecule is C[C@]12C=CC(=O)C[C@@H]1c1ccccc1CC2. The Balaban J connectivity index is 2.12. The minimum Gasteiger partial charge on any atom is -0.295 e. The molecule has 0 unspecified atom stereocenters. The van der Waals surface area contributed by atoms with E-state index in [1.54, 1.807) is 6.08 Å². The highest BCUT2D eigenvalue weighted by Gasteiger charge is 2.40. The first-order valence-electron chi connectivity index (χ1n) is 5.99. The van der Waals surface area contributed by atoms with Crippen LogP contribution in [0.15, 0.2) is 36.4 Å². The predicted molar refractivity (Wildman–Crippen MR) is 64.4 cm³/mol. The quantitative estimate of drug-likeness (QED) is 0.645. The van der Waals surface area contributed by atoms with Crippen LogP contribution in [0, 0.1) is 5.41 Å². The van der Waals surface area contributed by atoms with E-state index in [1.807, 2.05) is 0 Å². The number of hydrogen-bond donors (Lipinski definition) is 0. The van der Waals surface area contributed by atoms with Crippen LogP contribution in [0.25, 0.3) is 0 Å². The lowest BCUT2D eigenvalue weighted by Crippen LogP contribution is -2.33. The van der Waals surface area contributed by atoms with Gasteiger partial charge in [-0.3, -0.25) is 4.79 Å². The molecule has 0 aromatic heterocycles. The van der Waals surface area contributed by atoms with Crippen molar-refractivity contribution in [3.8, 4) is 0 Å². The Morgan fingerprint density at radius 3 is 3.00 bits per heavy atom. The maximum atomic E-state index is 11.6. The molecule has 1 nitrogen and oxygen atoms in total. The molecule has 82 valence electrons. The van der Waals surface area contributed by atoms with Crippen molar-refractivity contribution < 1.29 is 4.79 Å². The summed E-state index contributed by atoms with van der Waals surface area (Å²) >= 11 is 0.